The Balaban J connectivity index is 2.16. The summed E-state index contributed by atoms with van der Waals surface area (Å²) in [5.41, 5.74) is 6.33. The Morgan fingerprint density at radius 3 is 2.42 bits per heavy atom. The number of fused-ring (bicyclic) bond motifs is 1. The topological polar surface area (TPSA) is 76.9 Å². The lowest BCUT2D eigenvalue weighted by Gasteiger charge is -2.10. The quantitative estimate of drug-likeness (QED) is 0.792. The van der Waals surface area contributed by atoms with E-state index in [-0.39, 0.29) is 0 Å². The number of aryl methyl sites for hydroxylation is 3. The van der Waals surface area contributed by atoms with Crippen LogP contribution in [0.5, 0.6) is 0 Å². The first-order valence-corrected chi connectivity index (χ1v) is 9.44. The number of rotatable bonds is 3. The summed E-state index contributed by atoms with van der Waals surface area (Å²) in [4.78, 5) is 4.75. The van der Waals surface area contributed by atoms with Crippen LogP contribution in [0.4, 0.5) is 5.69 Å². The molecular weight excluding hydrogens is 324 g/mol. The van der Waals surface area contributed by atoms with E-state index >= 15 is 0 Å². The minimum absolute atomic E-state index is 0.538. The van der Waals surface area contributed by atoms with E-state index < -0.39 is 10.0 Å². The molecule has 0 radical (unpaired) electrons. The summed E-state index contributed by atoms with van der Waals surface area (Å²) in [6.07, 6.45) is 1.14. The van der Waals surface area contributed by atoms with Crippen LogP contribution in [0, 0.1) is 20.8 Å². The molecular formula is C17H20N4O2S. The van der Waals surface area contributed by atoms with Gasteiger partial charge in [-0.1, -0.05) is 0 Å². The van der Waals surface area contributed by atoms with Crippen molar-refractivity contribution in [3.05, 3.63) is 41.2 Å². The molecule has 1 aromatic carbocycles. The fraction of sp³-hybridized carbons (Fsp3) is 0.294. The van der Waals surface area contributed by atoms with Crippen LogP contribution < -0.4 is 4.72 Å². The molecule has 0 atom stereocenters. The van der Waals surface area contributed by atoms with E-state index in [1.807, 2.05) is 50.7 Å². The van der Waals surface area contributed by atoms with E-state index in [4.69, 9.17) is 4.98 Å². The molecule has 0 amide bonds. The molecule has 126 valence electrons. The van der Waals surface area contributed by atoms with Crippen LogP contribution in [-0.2, 0) is 17.1 Å². The van der Waals surface area contributed by atoms with Crippen LogP contribution >= 0.6 is 0 Å². The summed E-state index contributed by atoms with van der Waals surface area (Å²) in [5, 5.41) is 5.37. The average molecular weight is 344 g/mol. The zero-order valence-electron chi connectivity index (χ0n) is 14.4. The van der Waals surface area contributed by atoms with Crippen molar-refractivity contribution < 1.29 is 8.42 Å². The van der Waals surface area contributed by atoms with Gasteiger partial charge >= 0.3 is 0 Å². The highest BCUT2D eigenvalue weighted by molar-refractivity contribution is 7.92. The number of hydrogen-bond donors (Lipinski definition) is 1. The van der Waals surface area contributed by atoms with Crippen molar-refractivity contribution in [2.24, 2.45) is 7.05 Å². The predicted octanol–water partition coefficient (Wildman–Crippen LogP) is 2.93. The largest absolute Gasteiger partial charge is 0.284 e. The second-order valence-electron chi connectivity index (χ2n) is 6.10. The molecule has 0 aliphatic heterocycles. The second kappa shape index (κ2) is 5.59. The van der Waals surface area contributed by atoms with Crippen LogP contribution in [0.15, 0.2) is 24.3 Å². The summed E-state index contributed by atoms with van der Waals surface area (Å²) >= 11 is 0. The Morgan fingerprint density at radius 1 is 1.12 bits per heavy atom. The minimum Gasteiger partial charge on any atom is -0.284 e. The maximum Gasteiger partial charge on any atom is 0.229 e. The van der Waals surface area contributed by atoms with Gasteiger partial charge in [-0.2, -0.15) is 5.10 Å². The molecule has 0 aliphatic carbocycles. The normalized spacial score (nSPS) is 11.9. The SMILES string of the molecule is Cc1nn(C)c(C)c1-c1cc(C)c2cc(NS(C)(=O)=O)ccc2n1. The number of pyridine rings is 1. The van der Waals surface area contributed by atoms with Gasteiger partial charge in [-0.25, -0.2) is 13.4 Å². The molecule has 2 aromatic heterocycles. The Kier molecular flexibility index (Phi) is 3.83. The van der Waals surface area contributed by atoms with Crippen molar-refractivity contribution in [1.29, 1.82) is 0 Å². The summed E-state index contributed by atoms with van der Waals surface area (Å²) in [6, 6.07) is 7.39. The van der Waals surface area contributed by atoms with Crippen molar-refractivity contribution in [3.63, 3.8) is 0 Å². The average Bonchev–Trinajstić information content (AvgIpc) is 2.71. The number of anilines is 1. The monoisotopic (exact) mass is 344 g/mol. The van der Waals surface area contributed by atoms with Gasteiger partial charge in [-0.15, -0.1) is 0 Å². The van der Waals surface area contributed by atoms with E-state index in [0.29, 0.717) is 5.69 Å². The second-order valence-corrected chi connectivity index (χ2v) is 7.85. The van der Waals surface area contributed by atoms with Gasteiger partial charge in [0.1, 0.15) is 0 Å². The van der Waals surface area contributed by atoms with Gasteiger partial charge in [-0.3, -0.25) is 9.40 Å². The number of nitrogens with one attached hydrogen (secondary N) is 1. The van der Waals surface area contributed by atoms with Gasteiger partial charge < -0.3 is 0 Å². The van der Waals surface area contributed by atoms with Crippen molar-refractivity contribution in [2.75, 3.05) is 11.0 Å². The number of sulfonamides is 1. The molecule has 1 N–H and O–H groups in total. The van der Waals surface area contributed by atoms with Crippen molar-refractivity contribution in [3.8, 4) is 11.3 Å². The molecule has 7 heteroatoms. The standard InChI is InChI=1S/C17H20N4O2S/c1-10-8-16(17-11(2)19-21(4)12(17)3)18-15-7-6-13(9-14(10)15)20-24(5,22)23/h6-9,20H,1-5H3. The molecule has 0 fully saturated rings. The molecule has 3 aromatic rings. The molecule has 24 heavy (non-hydrogen) atoms. The van der Waals surface area contributed by atoms with Crippen LogP contribution in [-0.4, -0.2) is 29.4 Å². The van der Waals surface area contributed by atoms with Crippen LogP contribution in [0.1, 0.15) is 17.0 Å². The van der Waals surface area contributed by atoms with Crippen molar-refractivity contribution in [2.45, 2.75) is 20.8 Å². The third kappa shape index (κ3) is 2.99. The van der Waals surface area contributed by atoms with E-state index in [1.54, 1.807) is 6.07 Å². The van der Waals surface area contributed by atoms with Crippen molar-refractivity contribution in [1.82, 2.24) is 14.8 Å². The third-order valence-corrected chi connectivity index (χ3v) is 4.69. The number of hydrogen-bond acceptors (Lipinski definition) is 4. The highest BCUT2D eigenvalue weighted by Gasteiger charge is 2.15. The maximum atomic E-state index is 11.4. The van der Waals surface area contributed by atoms with E-state index in [1.165, 1.54) is 0 Å². The Bertz CT molecular complexity index is 1050. The lowest BCUT2D eigenvalue weighted by atomic mass is 10.0. The summed E-state index contributed by atoms with van der Waals surface area (Å²) in [6.45, 7) is 6.00. The predicted molar refractivity (Wildman–Crippen MR) is 96.6 cm³/mol. The molecule has 2 heterocycles. The molecule has 0 saturated carbocycles. The molecule has 0 spiro atoms. The van der Waals surface area contributed by atoms with Gasteiger partial charge in [0.2, 0.25) is 10.0 Å². The zero-order chi connectivity index (χ0) is 17.6. The van der Waals surface area contributed by atoms with E-state index in [0.717, 1.165) is 45.4 Å². The van der Waals surface area contributed by atoms with Gasteiger partial charge in [-0.05, 0) is 50.6 Å². The maximum absolute atomic E-state index is 11.4. The van der Waals surface area contributed by atoms with Crippen molar-refractivity contribution >= 4 is 26.6 Å². The summed E-state index contributed by atoms with van der Waals surface area (Å²) < 4.78 is 27.2. The van der Waals surface area contributed by atoms with E-state index in [9.17, 15) is 8.42 Å². The van der Waals surface area contributed by atoms with Gasteiger partial charge in [0.15, 0.2) is 0 Å². The third-order valence-electron chi connectivity index (χ3n) is 4.08. The summed E-state index contributed by atoms with van der Waals surface area (Å²) in [5.74, 6) is 0. The first kappa shape index (κ1) is 16.4. The Hall–Kier alpha value is -2.41. The fourth-order valence-electron chi connectivity index (χ4n) is 2.94. The zero-order valence-corrected chi connectivity index (χ0v) is 15.2. The lowest BCUT2D eigenvalue weighted by Crippen LogP contribution is -2.09. The molecule has 6 nitrogen and oxygen atoms in total. The Labute approximate surface area is 141 Å². The molecule has 0 bridgehead atoms. The van der Waals surface area contributed by atoms with Crippen LogP contribution in [0.3, 0.4) is 0 Å². The van der Waals surface area contributed by atoms with Gasteiger partial charge in [0.25, 0.3) is 0 Å². The van der Waals surface area contributed by atoms with E-state index in [2.05, 4.69) is 9.82 Å². The molecule has 0 aliphatic rings. The van der Waals surface area contributed by atoms with Gasteiger partial charge in [0, 0.05) is 29.4 Å². The highest BCUT2D eigenvalue weighted by atomic mass is 32.2. The molecule has 0 saturated heterocycles. The Morgan fingerprint density at radius 2 is 1.83 bits per heavy atom. The smallest absolute Gasteiger partial charge is 0.229 e. The highest BCUT2D eigenvalue weighted by Crippen LogP contribution is 2.30. The molecule has 3 rings (SSSR count). The first-order chi connectivity index (χ1) is 11.2. The number of aromatic nitrogens is 3. The number of benzene rings is 1. The van der Waals surface area contributed by atoms with Gasteiger partial charge in [0.05, 0.1) is 23.2 Å². The number of nitrogens with zero attached hydrogens (tertiary/aromatic N) is 3. The van der Waals surface area contributed by atoms with Crippen LogP contribution in [0.25, 0.3) is 22.2 Å². The first-order valence-electron chi connectivity index (χ1n) is 7.55. The fourth-order valence-corrected chi connectivity index (χ4v) is 3.50. The summed E-state index contributed by atoms with van der Waals surface area (Å²) in [7, 11) is -1.38. The lowest BCUT2D eigenvalue weighted by molar-refractivity contribution is 0.607. The van der Waals surface area contributed by atoms with Crippen LogP contribution in [0.2, 0.25) is 0 Å². The molecule has 0 unspecified atom stereocenters. The minimum atomic E-state index is -3.30.